The SMILES string of the molecule is Cc1cc(C(=O)C(C)OC(=O)c2cccc(-n3cnnn3)c2)c(C)n1-c1ccccc1. The van der Waals surface area contributed by atoms with Crippen LogP contribution in [0.1, 0.15) is 39.0 Å². The molecule has 2 aromatic carbocycles. The fourth-order valence-corrected chi connectivity index (χ4v) is 3.54. The molecular weight excluding hydrogens is 394 g/mol. The van der Waals surface area contributed by atoms with Gasteiger partial charge in [-0.1, -0.05) is 24.3 Å². The van der Waals surface area contributed by atoms with E-state index in [0.29, 0.717) is 16.8 Å². The van der Waals surface area contributed by atoms with Crippen LogP contribution in [-0.2, 0) is 4.74 Å². The molecule has 2 aromatic heterocycles. The van der Waals surface area contributed by atoms with Crippen LogP contribution in [0.4, 0.5) is 0 Å². The molecule has 0 N–H and O–H groups in total. The van der Waals surface area contributed by atoms with Gasteiger partial charge in [0, 0.05) is 22.6 Å². The number of para-hydroxylation sites is 1. The predicted octanol–water partition coefficient (Wildman–Crippen LogP) is 3.50. The van der Waals surface area contributed by atoms with E-state index in [1.807, 2.05) is 54.8 Å². The maximum Gasteiger partial charge on any atom is 0.338 e. The van der Waals surface area contributed by atoms with E-state index in [-0.39, 0.29) is 5.78 Å². The molecular formula is C23H21N5O3. The van der Waals surface area contributed by atoms with Crippen LogP contribution in [0.3, 0.4) is 0 Å². The molecule has 0 aliphatic rings. The highest BCUT2D eigenvalue weighted by atomic mass is 16.5. The number of carbonyl (C=O) groups excluding carboxylic acids is 2. The molecule has 8 heteroatoms. The van der Waals surface area contributed by atoms with E-state index in [0.717, 1.165) is 17.1 Å². The number of tetrazole rings is 1. The summed E-state index contributed by atoms with van der Waals surface area (Å²) in [6.07, 6.45) is 0.493. The molecule has 0 saturated heterocycles. The zero-order chi connectivity index (χ0) is 22.0. The monoisotopic (exact) mass is 415 g/mol. The summed E-state index contributed by atoms with van der Waals surface area (Å²) in [7, 11) is 0. The minimum absolute atomic E-state index is 0.250. The molecule has 1 atom stereocenters. The lowest BCUT2D eigenvalue weighted by Gasteiger charge is -2.14. The first-order valence-electron chi connectivity index (χ1n) is 9.78. The third-order valence-electron chi connectivity index (χ3n) is 5.06. The molecule has 0 bridgehead atoms. The van der Waals surface area contributed by atoms with E-state index >= 15 is 0 Å². The number of nitrogens with zero attached hydrogens (tertiary/aromatic N) is 5. The Labute approximate surface area is 179 Å². The largest absolute Gasteiger partial charge is 0.451 e. The first-order chi connectivity index (χ1) is 15.0. The smallest absolute Gasteiger partial charge is 0.338 e. The van der Waals surface area contributed by atoms with Crippen molar-refractivity contribution in [2.75, 3.05) is 0 Å². The van der Waals surface area contributed by atoms with Crippen molar-refractivity contribution in [2.24, 2.45) is 0 Å². The Morgan fingerprint density at radius 1 is 0.968 bits per heavy atom. The number of aromatic nitrogens is 5. The Balaban J connectivity index is 1.53. The standard InChI is InChI=1S/C23H21N5O3/c1-15-12-21(16(2)28(15)19-9-5-4-6-10-19)22(29)17(3)31-23(30)18-8-7-11-20(13-18)27-14-24-25-26-27/h4-14,17H,1-3H3. The number of carbonyl (C=O) groups is 2. The van der Waals surface area contributed by atoms with Crippen LogP contribution in [0.25, 0.3) is 11.4 Å². The Hall–Kier alpha value is -4.07. The average Bonchev–Trinajstić information content (AvgIpc) is 3.42. The van der Waals surface area contributed by atoms with Crippen molar-refractivity contribution in [3.8, 4) is 11.4 Å². The van der Waals surface area contributed by atoms with E-state index < -0.39 is 12.1 Å². The van der Waals surface area contributed by atoms with Gasteiger partial charge in [0.2, 0.25) is 5.78 Å². The number of hydrogen-bond acceptors (Lipinski definition) is 6. The Morgan fingerprint density at radius 3 is 2.42 bits per heavy atom. The van der Waals surface area contributed by atoms with Crippen molar-refractivity contribution in [1.29, 1.82) is 0 Å². The van der Waals surface area contributed by atoms with Gasteiger partial charge in [-0.15, -0.1) is 5.10 Å². The van der Waals surface area contributed by atoms with Gasteiger partial charge in [0.25, 0.3) is 0 Å². The van der Waals surface area contributed by atoms with Crippen LogP contribution in [0.5, 0.6) is 0 Å². The van der Waals surface area contributed by atoms with Gasteiger partial charge < -0.3 is 9.30 Å². The van der Waals surface area contributed by atoms with Crippen molar-refractivity contribution in [3.63, 3.8) is 0 Å². The van der Waals surface area contributed by atoms with Crippen LogP contribution < -0.4 is 0 Å². The molecule has 0 aliphatic carbocycles. The maximum absolute atomic E-state index is 13.1. The van der Waals surface area contributed by atoms with Crippen molar-refractivity contribution in [3.05, 3.63) is 89.5 Å². The van der Waals surface area contributed by atoms with Crippen LogP contribution in [-0.4, -0.2) is 42.6 Å². The predicted molar refractivity (Wildman–Crippen MR) is 114 cm³/mol. The molecule has 0 amide bonds. The summed E-state index contributed by atoms with van der Waals surface area (Å²) in [4.78, 5) is 25.7. The summed E-state index contributed by atoms with van der Waals surface area (Å²) in [5.41, 5.74) is 4.16. The topological polar surface area (TPSA) is 91.9 Å². The normalized spacial score (nSPS) is 11.8. The lowest BCUT2D eigenvalue weighted by atomic mass is 10.1. The van der Waals surface area contributed by atoms with Crippen LogP contribution in [0.2, 0.25) is 0 Å². The number of rotatable bonds is 6. The number of aryl methyl sites for hydroxylation is 1. The molecule has 4 rings (SSSR count). The number of Topliss-reactive ketones (excluding diaryl/α,β-unsaturated/α-hetero) is 1. The first-order valence-corrected chi connectivity index (χ1v) is 9.78. The van der Waals surface area contributed by atoms with E-state index in [1.165, 1.54) is 11.0 Å². The second-order valence-corrected chi connectivity index (χ2v) is 7.17. The van der Waals surface area contributed by atoms with Gasteiger partial charge in [0.05, 0.1) is 11.3 Å². The van der Waals surface area contributed by atoms with Crippen molar-refractivity contribution < 1.29 is 14.3 Å². The van der Waals surface area contributed by atoms with Crippen molar-refractivity contribution >= 4 is 11.8 Å². The summed E-state index contributed by atoms with van der Waals surface area (Å²) in [6, 6.07) is 18.3. The van der Waals surface area contributed by atoms with Crippen LogP contribution in [0, 0.1) is 13.8 Å². The fraction of sp³-hybridized carbons (Fsp3) is 0.174. The zero-order valence-corrected chi connectivity index (χ0v) is 17.4. The van der Waals surface area contributed by atoms with Crippen LogP contribution in [0.15, 0.2) is 67.0 Å². The molecule has 0 radical (unpaired) electrons. The molecule has 0 aliphatic heterocycles. The van der Waals surface area contributed by atoms with Crippen molar-refractivity contribution in [2.45, 2.75) is 26.9 Å². The summed E-state index contributed by atoms with van der Waals surface area (Å²) in [5.74, 6) is -0.840. The Morgan fingerprint density at radius 2 is 1.71 bits per heavy atom. The lowest BCUT2D eigenvalue weighted by molar-refractivity contribution is 0.0318. The lowest BCUT2D eigenvalue weighted by Crippen LogP contribution is -2.25. The molecule has 0 spiro atoms. The molecule has 2 heterocycles. The third-order valence-corrected chi connectivity index (χ3v) is 5.06. The molecule has 31 heavy (non-hydrogen) atoms. The van der Waals surface area contributed by atoms with E-state index in [9.17, 15) is 9.59 Å². The molecule has 1 unspecified atom stereocenters. The van der Waals surface area contributed by atoms with Crippen LogP contribution >= 0.6 is 0 Å². The zero-order valence-electron chi connectivity index (χ0n) is 17.4. The van der Waals surface area contributed by atoms with Gasteiger partial charge in [0.15, 0.2) is 6.10 Å². The number of ketones is 1. The fourth-order valence-electron chi connectivity index (χ4n) is 3.54. The third kappa shape index (κ3) is 4.00. The summed E-state index contributed by atoms with van der Waals surface area (Å²) in [5, 5.41) is 11.0. The minimum atomic E-state index is -0.936. The number of hydrogen-bond donors (Lipinski definition) is 0. The van der Waals surface area contributed by atoms with Crippen molar-refractivity contribution in [1.82, 2.24) is 24.8 Å². The van der Waals surface area contributed by atoms with Gasteiger partial charge >= 0.3 is 5.97 Å². The molecule has 156 valence electrons. The average molecular weight is 415 g/mol. The van der Waals surface area contributed by atoms with Gasteiger partial charge in [-0.3, -0.25) is 4.79 Å². The molecule has 0 fully saturated rings. The second kappa shape index (κ2) is 8.35. The van der Waals surface area contributed by atoms with Gasteiger partial charge in [-0.25, -0.2) is 9.48 Å². The molecule has 0 saturated carbocycles. The van der Waals surface area contributed by atoms with Gasteiger partial charge in [0.1, 0.15) is 6.33 Å². The maximum atomic E-state index is 13.1. The summed E-state index contributed by atoms with van der Waals surface area (Å²) < 4.78 is 8.92. The quantitative estimate of drug-likeness (QED) is 0.354. The van der Waals surface area contributed by atoms with Gasteiger partial charge in [-0.2, -0.15) is 0 Å². The summed E-state index contributed by atoms with van der Waals surface area (Å²) in [6.45, 7) is 5.41. The first kappa shape index (κ1) is 20.2. The van der Waals surface area contributed by atoms with E-state index in [4.69, 9.17) is 4.74 Å². The number of ether oxygens (including phenoxy) is 1. The highest BCUT2D eigenvalue weighted by molar-refractivity contribution is 6.02. The molecule has 4 aromatic rings. The Bertz CT molecular complexity index is 1230. The highest BCUT2D eigenvalue weighted by Gasteiger charge is 2.25. The molecule has 8 nitrogen and oxygen atoms in total. The van der Waals surface area contributed by atoms with E-state index in [2.05, 4.69) is 15.5 Å². The van der Waals surface area contributed by atoms with E-state index in [1.54, 1.807) is 31.2 Å². The number of esters is 1. The second-order valence-electron chi connectivity index (χ2n) is 7.17. The highest BCUT2D eigenvalue weighted by Crippen LogP contribution is 2.23. The van der Waals surface area contributed by atoms with Gasteiger partial charge in [-0.05, 0) is 67.6 Å². The number of benzene rings is 2. The summed E-state index contributed by atoms with van der Waals surface area (Å²) >= 11 is 0. The Kier molecular flexibility index (Phi) is 5.44. The minimum Gasteiger partial charge on any atom is -0.451 e.